The van der Waals surface area contributed by atoms with Gasteiger partial charge in [-0.25, -0.2) is 4.98 Å². The van der Waals surface area contributed by atoms with Crippen molar-refractivity contribution in [2.45, 2.75) is 13.0 Å². The van der Waals surface area contributed by atoms with Gasteiger partial charge in [-0.3, -0.25) is 0 Å². The smallest absolute Gasteiger partial charge is 0.134 e. The second-order valence-corrected chi connectivity index (χ2v) is 6.02. The summed E-state index contributed by atoms with van der Waals surface area (Å²) in [5, 5.41) is 14.1. The van der Waals surface area contributed by atoms with Crippen LogP contribution in [0.4, 0.5) is 5.69 Å². The van der Waals surface area contributed by atoms with E-state index in [1.807, 2.05) is 18.2 Å². The fraction of sp³-hybridized carbons (Fsp3) is 0.133. The van der Waals surface area contributed by atoms with Crippen molar-refractivity contribution < 1.29 is 5.11 Å². The Bertz CT molecular complexity index is 723. The van der Waals surface area contributed by atoms with Gasteiger partial charge in [0, 0.05) is 5.69 Å². The maximum absolute atomic E-state index is 9.42. The molecular formula is C15H13ClN2OS. The van der Waals surface area contributed by atoms with E-state index in [0.29, 0.717) is 5.02 Å². The number of halogens is 1. The van der Waals surface area contributed by atoms with Crippen molar-refractivity contribution in [3.05, 3.63) is 52.5 Å². The number of phenols is 1. The van der Waals surface area contributed by atoms with Crippen LogP contribution in [0.15, 0.2) is 42.5 Å². The summed E-state index contributed by atoms with van der Waals surface area (Å²) in [7, 11) is 0. The minimum absolute atomic E-state index is 0.0769. The van der Waals surface area contributed by atoms with Crippen LogP contribution in [0, 0.1) is 0 Å². The van der Waals surface area contributed by atoms with Crippen LogP contribution in [0.5, 0.6) is 5.75 Å². The third-order valence-electron chi connectivity index (χ3n) is 3.01. The average Bonchev–Trinajstić information content (AvgIpc) is 2.87. The number of hydrogen-bond donors (Lipinski definition) is 2. The molecule has 0 aliphatic rings. The zero-order chi connectivity index (χ0) is 14.1. The number of para-hydroxylation sites is 1. The molecule has 1 aromatic heterocycles. The first-order valence-corrected chi connectivity index (χ1v) is 7.43. The molecule has 0 radical (unpaired) electrons. The monoisotopic (exact) mass is 304 g/mol. The number of phenolic OH excluding ortho intramolecular Hbond substituents is 1. The molecule has 0 aliphatic heterocycles. The van der Waals surface area contributed by atoms with E-state index in [1.165, 1.54) is 4.70 Å². The molecular weight excluding hydrogens is 292 g/mol. The van der Waals surface area contributed by atoms with Crippen LogP contribution in [0.1, 0.15) is 18.0 Å². The van der Waals surface area contributed by atoms with E-state index in [1.54, 1.807) is 29.5 Å². The minimum Gasteiger partial charge on any atom is -0.506 e. The molecule has 3 rings (SSSR count). The van der Waals surface area contributed by atoms with E-state index < -0.39 is 0 Å². The van der Waals surface area contributed by atoms with Gasteiger partial charge in [-0.1, -0.05) is 23.7 Å². The molecule has 0 saturated heterocycles. The van der Waals surface area contributed by atoms with Crippen molar-refractivity contribution >= 4 is 38.8 Å². The van der Waals surface area contributed by atoms with Gasteiger partial charge in [0.25, 0.3) is 0 Å². The summed E-state index contributed by atoms with van der Waals surface area (Å²) < 4.78 is 1.18. The van der Waals surface area contributed by atoms with E-state index in [-0.39, 0.29) is 11.8 Å². The van der Waals surface area contributed by atoms with Gasteiger partial charge in [0.15, 0.2) is 0 Å². The molecule has 0 bridgehead atoms. The minimum atomic E-state index is 0.0769. The maximum Gasteiger partial charge on any atom is 0.134 e. The van der Waals surface area contributed by atoms with Crippen LogP contribution in [0.2, 0.25) is 5.02 Å². The summed E-state index contributed by atoms with van der Waals surface area (Å²) in [5.41, 5.74) is 1.88. The third kappa shape index (κ3) is 2.57. The van der Waals surface area contributed by atoms with Crippen molar-refractivity contribution in [1.82, 2.24) is 4.98 Å². The van der Waals surface area contributed by atoms with Crippen LogP contribution in [-0.2, 0) is 0 Å². The lowest BCUT2D eigenvalue weighted by Crippen LogP contribution is -2.05. The molecule has 1 atom stereocenters. The highest BCUT2D eigenvalue weighted by Gasteiger charge is 2.11. The predicted molar refractivity (Wildman–Crippen MR) is 84.8 cm³/mol. The highest BCUT2D eigenvalue weighted by atomic mass is 35.5. The number of hydrogen-bond acceptors (Lipinski definition) is 4. The Morgan fingerprint density at radius 3 is 2.80 bits per heavy atom. The van der Waals surface area contributed by atoms with E-state index in [4.69, 9.17) is 11.6 Å². The van der Waals surface area contributed by atoms with Crippen molar-refractivity contribution in [2.75, 3.05) is 5.32 Å². The highest BCUT2D eigenvalue weighted by Crippen LogP contribution is 2.31. The Hall–Kier alpha value is -1.78. The van der Waals surface area contributed by atoms with E-state index in [0.717, 1.165) is 16.2 Å². The van der Waals surface area contributed by atoms with Gasteiger partial charge in [0.1, 0.15) is 10.8 Å². The molecule has 20 heavy (non-hydrogen) atoms. The number of thiazole rings is 1. The Kier molecular flexibility index (Phi) is 3.51. The molecule has 1 heterocycles. The summed E-state index contributed by atoms with van der Waals surface area (Å²) in [5.74, 6) is 0.0878. The Balaban J connectivity index is 1.84. The van der Waals surface area contributed by atoms with Gasteiger partial charge >= 0.3 is 0 Å². The van der Waals surface area contributed by atoms with Crippen LogP contribution in [-0.4, -0.2) is 10.1 Å². The van der Waals surface area contributed by atoms with Gasteiger partial charge < -0.3 is 10.4 Å². The second kappa shape index (κ2) is 5.31. The van der Waals surface area contributed by atoms with Crippen LogP contribution >= 0.6 is 22.9 Å². The fourth-order valence-electron chi connectivity index (χ4n) is 1.98. The normalized spacial score (nSPS) is 12.5. The lowest BCUT2D eigenvalue weighted by molar-refractivity contribution is 0.475. The number of aromatic nitrogens is 1. The van der Waals surface area contributed by atoms with Crippen molar-refractivity contribution in [3.63, 3.8) is 0 Å². The number of rotatable bonds is 3. The summed E-state index contributed by atoms with van der Waals surface area (Å²) in [6.07, 6.45) is 0. The molecule has 102 valence electrons. The standard InChI is InChI=1S/C15H13ClN2OS/c1-9(17-10-6-7-13(19)11(16)8-10)15-18-12-4-2-3-5-14(12)20-15/h2-9,17,19H,1H3. The van der Waals surface area contributed by atoms with Crippen LogP contribution in [0.3, 0.4) is 0 Å². The quantitative estimate of drug-likeness (QED) is 0.681. The first-order valence-electron chi connectivity index (χ1n) is 6.24. The number of fused-ring (bicyclic) bond motifs is 1. The number of nitrogens with one attached hydrogen (secondary N) is 1. The van der Waals surface area contributed by atoms with E-state index >= 15 is 0 Å². The Labute approximate surface area is 125 Å². The number of anilines is 1. The van der Waals surface area contributed by atoms with Gasteiger partial charge in [-0.05, 0) is 37.3 Å². The van der Waals surface area contributed by atoms with E-state index in [2.05, 4.69) is 23.3 Å². The number of nitrogens with zero attached hydrogens (tertiary/aromatic N) is 1. The van der Waals surface area contributed by atoms with Gasteiger partial charge in [-0.2, -0.15) is 0 Å². The molecule has 0 amide bonds. The molecule has 0 fully saturated rings. The first kappa shape index (κ1) is 13.2. The Morgan fingerprint density at radius 2 is 2.05 bits per heavy atom. The van der Waals surface area contributed by atoms with Crippen molar-refractivity contribution in [1.29, 1.82) is 0 Å². The topological polar surface area (TPSA) is 45.1 Å². The summed E-state index contributed by atoms with van der Waals surface area (Å²) in [4.78, 5) is 4.62. The largest absolute Gasteiger partial charge is 0.506 e. The van der Waals surface area contributed by atoms with Crippen molar-refractivity contribution in [3.8, 4) is 5.75 Å². The number of aromatic hydroxyl groups is 1. The summed E-state index contributed by atoms with van der Waals surface area (Å²) in [6.45, 7) is 2.05. The molecule has 0 saturated carbocycles. The lowest BCUT2D eigenvalue weighted by atomic mass is 10.2. The molecule has 0 spiro atoms. The maximum atomic E-state index is 9.42. The third-order valence-corrected chi connectivity index (χ3v) is 4.53. The molecule has 0 aliphatic carbocycles. The first-order chi connectivity index (χ1) is 9.63. The van der Waals surface area contributed by atoms with Crippen LogP contribution in [0.25, 0.3) is 10.2 Å². The molecule has 1 unspecified atom stereocenters. The zero-order valence-corrected chi connectivity index (χ0v) is 12.4. The fourth-order valence-corrected chi connectivity index (χ4v) is 3.13. The average molecular weight is 305 g/mol. The molecule has 3 aromatic rings. The predicted octanol–water partition coefficient (Wildman–Crippen LogP) is 4.83. The number of benzene rings is 2. The van der Waals surface area contributed by atoms with Crippen molar-refractivity contribution in [2.24, 2.45) is 0 Å². The van der Waals surface area contributed by atoms with Gasteiger partial charge in [0.05, 0.1) is 21.3 Å². The van der Waals surface area contributed by atoms with Gasteiger partial charge in [0.2, 0.25) is 0 Å². The molecule has 2 N–H and O–H groups in total. The van der Waals surface area contributed by atoms with E-state index in [9.17, 15) is 5.11 Å². The Morgan fingerprint density at radius 1 is 1.25 bits per heavy atom. The van der Waals surface area contributed by atoms with Crippen LogP contribution < -0.4 is 5.32 Å². The molecule has 2 aromatic carbocycles. The summed E-state index contributed by atoms with van der Waals surface area (Å²) >= 11 is 7.58. The second-order valence-electron chi connectivity index (χ2n) is 4.55. The molecule has 3 nitrogen and oxygen atoms in total. The summed E-state index contributed by atoms with van der Waals surface area (Å²) in [6, 6.07) is 13.3. The lowest BCUT2D eigenvalue weighted by Gasteiger charge is -2.13. The van der Waals surface area contributed by atoms with Gasteiger partial charge in [-0.15, -0.1) is 11.3 Å². The highest BCUT2D eigenvalue weighted by molar-refractivity contribution is 7.18. The SMILES string of the molecule is CC(Nc1ccc(O)c(Cl)c1)c1nc2ccccc2s1. The zero-order valence-electron chi connectivity index (χ0n) is 10.8. The molecule has 5 heteroatoms.